The van der Waals surface area contributed by atoms with Crippen molar-refractivity contribution in [2.45, 2.75) is 25.9 Å². The summed E-state index contributed by atoms with van der Waals surface area (Å²) in [6.45, 7) is 2.36. The molecule has 1 N–H and O–H groups in total. The van der Waals surface area contributed by atoms with Gasteiger partial charge in [0.2, 0.25) is 18.6 Å². The molecule has 2 aliphatic rings. The van der Waals surface area contributed by atoms with Gasteiger partial charge >= 0.3 is 5.97 Å². The van der Waals surface area contributed by atoms with Gasteiger partial charge in [0.1, 0.15) is 11.8 Å². The summed E-state index contributed by atoms with van der Waals surface area (Å²) in [5.41, 5.74) is 0.985. The highest BCUT2D eigenvalue weighted by Gasteiger charge is 2.44. The highest BCUT2D eigenvalue weighted by atomic mass is 16.7. The summed E-state index contributed by atoms with van der Waals surface area (Å²) in [4.78, 5) is 52.1. The summed E-state index contributed by atoms with van der Waals surface area (Å²) < 4.78 is 16.1. The Hall–Kier alpha value is -4.34. The lowest BCUT2D eigenvalue weighted by Crippen LogP contribution is -2.44. The first-order valence-electron chi connectivity index (χ1n) is 10.6. The number of benzene rings is 2. The van der Waals surface area contributed by atoms with E-state index in [-0.39, 0.29) is 19.8 Å². The molecule has 0 spiro atoms. The van der Waals surface area contributed by atoms with Crippen LogP contribution in [0.3, 0.4) is 0 Å². The van der Waals surface area contributed by atoms with Crippen LogP contribution in [0.25, 0.3) is 0 Å². The molecule has 2 aromatic carbocycles. The van der Waals surface area contributed by atoms with Crippen molar-refractivity contribution in [3.8, 4) is 17.2 Å². The summed E-state index contributed by atoms with van der Waals surface area (Å²) in [5.74, 6) is -1.41. The molecule has 4 rings (SSSR count). The van der Waals surface area contributed by atoms with Gasteiger partial charge in [0.15, 0.2) is 11.5 Å². The molecule has 3 amide bonds. The smallest absolute Gasteiger partial charge is 0.328 e. The van der Waals surface area contributed by atoms with Crippen LogP contribution < -0.4 is 19.1 Å². The fourth-order valence-corrected chi connectivity index (χ4v) is 3.80. The number of hydrogen-bond acceptors (Lipinski definition) is 7. The number of ether oxygens (including phenoxy) is 3. The van der Waals surface area contributed by atoms with Crippen molar-refractivity contribution in [3.05, 3.63) is 60.2 Å². The fraction of sp³-hybridized carbons (Fsp3) is 0.250. The number of imide groups is 1. The number of hydrogen-bond donors (Lipinski definition) is 1. The van der Waals surface area contributed by atoms with Crippen molar-refractivity contribution in [2.24, 2.45) is 0 Å². The topological polar surface area (TPSA) is 123 Å². The van der Waals surface area contributed by atoms with E-state index >= 15 is 0 Å². The Morgan fingerprint density at radius 2 is 1.85 bits per heavy atom. The summed E-state index contributed by atoms with van der Waals surface area (Å²) in [5, 5.41) is 8.92. The molecule has 0 aliphatic carbocycles. The van der Waals surface area contributed by atoms with Gasteiger partial charge in [-0.05, 0) is 48.9 Å². The van der Waals surface area contributed by atoms with Gasteiger partial charge in [-0.25, -0.2) is 9.69 Å². The maximum absolute atomic E-state index is 13.3. The second kappa shape index (κ2) is 9.65. The van der Waals surface area contributed by atoms with Gasteiger partial charge in [0, 0.05) is 18.7 Å². The van der Waals surface area contributed by atoms with Crippen molar-refractivity contribution in [1.29, 1.82) is 0 Å². The molecule has 0 aromatic heterocycles. The van der Waals surface area contributed by atoms with Crippen LogP contribution in [0.4, 0.5) is 5.69 Å². The Kier molecular flexibility index (Phi) is 6.48. The normalized spacial score (nSPS) is 16.9. The van der Waals surface area contributed by atoms with Crippen molar-refractivity contribution in [1.82, 2.24) is 4.90 Å². The van der Waals surface area contributed by atoms with Crippen LogP contribution in [0.2, 0.25) is 0 Å². The molecule has 1 saturated heterocycles. The average Bonchev–Trinajstić information content (AvgIpc) is 3.40. The minimum absolute atomic E-state index is 0.0414. The summed E-state index contributed by atoms with van der Waals surface area (Å²) in [7, 11) is 0. The van der Waals surface area contributed by atoms with E-state index in [1.54, 1.807) is 42.5 Å². The maximum atomic E-state index is 13.3. The molecule has 1 atom stereocenters. The fourth-order valence-electron chi connectivity index (χ4n) is 3.80. The van der Waals surface area contributed by atoms with Gasteiger partial charge in [0.05, 0.1) is 18.7 Å². The van der Waals surface area contributed by atoms with E-state index in [1.807, 2.05) is 6.92 Å². The molecule has 2 aliphatic heterocycles. The third-order valence-corrected chi connectivity index (χ3v) is 5.35. The van der Waals surface area contributed by atoms with Crippen LogP contribution in [0.1, 0.15) is 18.9 Å². The predicted octanol–water partition coefficient (Wildman–Crippen LogP) is 2.12. The molecule has 0 bridgehead atoms. The van der Waals surface area contributed by atoms with Gasteiger partial charge in [-0.3, -0.25) is 14.4 Å². The Labute approximate surface area is 194 Å². The molecule has 2 heterocycles. The maximum Gasteiger partial charge on any atom is 0.328 e. The molecule has 2 aromatic rings. The summed E-state index contributed by atoms with van der Waals surface area (Å²) >= 11 is 0. The monoisotopic (exact) mass is 466 g/mol. The van der Waals surface area contributed by atoms with Crippen LogP contribution in [0, 0.1) is 0 Å². The molecular weight excluding hydrogens is 444 g/mol. The predicted molar refractivity (Wildman–Crippen MR) is 118 cm³/mol. The van der Waals surface area contributed by atoms with Crippen LogP contribution in [0.15, 0.2) is 54.6 Å². The Balaban J connectivity index is 1.61. The van der Waals surface area contributed by atoms with Crippen molar-refractivity contribution in [2.75, 3.05) is 18.3 Å². The highest BCUT2D eigenvalue weighted by Crippen LogP contribution is 2.34. The van der Waals surface area contributed by atoms with Crippen LogP contribution >= 0.6 is 0 Å². The number of nitrogens with zero attached hydrogens (tertiary/aromatic N) is 2. The van der Waals surface area contributed by atoms with E-state index < -0.39 is 29.7 Å². The molecule has 34 heavy (non-hydrogen) atoms. The van der Waals surface area contributed by atoms with E-state index in [0.717, 1.165) is 11.0 Å². The number of fused-ring (bicyclic) bond motifs is 1. The average molecular weight is 466 g/mol. The number of carboxylic acid groups (broad SMARTS) is 1. The zero-order valence-electron chi connectivity index (χ0n) is 18.3. The molecular formula is C24H22N2O8. The number of aliphatic carboxylic acids is 1. The molecule has 10 heteroatoms. The largest absolute Gasteiger partial charge is 0.494 e. The Bertz CT molecular complexity index is 1160. The van der Waals surface area contributed by atoms with E-state index in [4.69, 9.17) is 19.3 Å². The van der Waals surface area contributed by atoms with E-state index in [0.29, 0.717) is 41.2 Å². The van der Waals surface area contributed by atoms with Crippen molar-refractivity contribution >= 4 is 29.4 Å². The number of rotatable bonds is 8. The van der Waals surface area contributed by atoms with Crippen LogP contribution in [-0.4, -0.2) is 53.1 Å². The lowest BCUT2D eigenvalue weighted by Gasteiger charge is -2.27. The van der Waals surface area contributed by atoms with Gasteiger partial charge < -0.3 is 24.2 Å². The Morgan fingerprint density at radius 1 is 1.12 bits per heavy atom. The Morgan fingerprint density at radius 3 is 2.56 bits per heavy atom. The summed E-state index contributed by atoms with van der Waals surface area (Å²) in [6.07, 6.45) is 1.33. The van der Waals surface area contributed by atoms with Gasteiger partial charge in [-0.1, -0.05) is 6.07 Å². The van der Waals surface area contributed by atoms with Gasteiger partial charge in [-0.2, -0.15) is 0 Å². The number of anilines is 1. The second-order valence-electron chi connectivity index (χ2n) is 7.54. The first kappa shape index (κ1) is 22.8. The highest BCUT2D eigenvalue weighted by molar-refractivity contribution is 6.23. The lowest BCUT2D eigenvalue weighted by atomic mass is 10.1. The number of carboxylic acids is 1. The minimum atomic E-state index is -1.30. The summed E-state index contributed by atoms with van der Waals surface area (Å²) in [6, 6.07) is 10.5. The van der Waals surface area contributed by atoms with Gasteiger partial charge in [0.25, 0.3) is 5.91 Å². The SMILES string of the molecule is CCOc1ccc(N2C(=O)C[C@@H](N(Cc3ccc4c(c3)OCO4)C(=O)/C=C\C(=O)O)C2=O)cc1. The first-order valence-corrected chi connectivity index (χ1v) is 10.6. The van der Waals surface area contributed by atoms with Crippen LogP contribution in [0.5, 0.6) is 17.2 Å². The number of carbonyl (C=O) groups excluding carboxylic acids is 3. The molecule has 0 unspecified atom stereocenters. The third-order valence-electron chi connectivity index (χ3n) is 5.35. The van der Waals surface area contributed by atoms with E-state index in [9.17, 15) is 19.2 Å². The number of amides is 3. The van der Waals surface area contributed by atoms with E-state index in [2.05, 4.69) is 0 Å². The molecule has 10 nitrogen and oxygen atoms in total. The van der Waals surface area contributed by atoms with Gasteiger partial charge in [-0.15, -0.1) is 0 Å². The number of carbonyl (C=O) groups is 4. The second-order valence-corrected chi connectivity index (χ2v) is 7.54. The third kappa shape index (κ3) is 4.70. The van der Waals surface area contributed by atoms with Crippen LogP contribution in [-0.2, 0) is 25.7 Å². The van der Waals surface area contributed by atoms with E-state index in [1.165, 1.54) is 4.90 Å². The van der Waals surface area contributed by atoms with Crippen molar-refractivity contribution < 1.29 is 38.5 Å². The zero-order chi connectivity index (χ0) is 24.2. The zero-order valence-corrected chi connectivity index (χ0v) is 18.3. The first-order chi connectivity index (χ1) is 16.4. The standard InChI is InChI=1S/C24H22N2O8/c1-2-32-17-6-4-16(5-7-17)26-22(28)12-18(24(26)31)25(21(27)9-10-23(29)30)13-15-3-8-19-20(11-15)34-14-33-19/h3-11,18H,2,12-14H2,1H3,(H,29,30)/b10-9-/t18-/m1/s1. The molecule has 176 valence electrons. The molecule has 1 fully saturated rings. The molecule has 0 saturated carbocycles. The van der Waals surface area contributed by atoms with Crippen molar-refractivity contribution in [3.63, 3.8) is 0 Å². The minimum Gasteiger partial charge on any atom is -0.494 e. The quantitative estimate of drug-likeness (QED) is 0.464. The molecule has 0 radical (unpaired) electrons. The lowest BCUT2D eigenvalue weighted by molar-refractivity contribution is -0.135.